The first-order chi connectivity index (χ1) is 15.0. The van der Waals surface area contributed by atoms with Crippen molar-refractivity contribution in [3.8, 4) is 16.9 Å². The normalized spacial score (nSPS) is 15.3. The number of aromatic amines is 1. The number of carbonyl (C=O) groups is 1. The summed E-state index contributed by atoms with van der Waals surface area (Å²) >= 11 is 1.37. The van der Waals surface area contributed by atoms with Crippen LogP contribution in [0.15, 0.2) is 52.6 Å². The van der Waals surface area contributed by atoms with E-state index in [9.17, 15) is 14.0 Å². The summed E-state index contributed by atoms with van der Waals surface area (Å²) in [7, 11) is 0. The molecule has 1 amide bonds. The van der Waals surface area contributed by atoms with Crippen molar-refractivity contribution in [2.45, 2.75) is 19.6 Å². The van der Waals surface area contributed by atoms with Crippen LogP contribution in [0.1, 0.15) is 12.7 Å². The van der Waals surface area contributed by atoms with Gasteiger partial charge in [-0.1, -0.05) is 12.1 Å². The molecule has 2 aromatic carbocycles. The number of fused-ring (bicyclic) bond motifs is 2. The lowest BCUT2D eigenvalue weighted by atomic mass is 10.1. The second-order valence-electron chi connectivity index (χ2n) is 7.16. The van der Waals surface area contributed by atoms with E-state index >= 15 is 0 Å². The average Bonchev–Trinajstić information content (AvgIpc) is 3.18. The van der Waals surface area contributed by atoms with Crippen LogP contribution in [0, 0.1) is 5.82 Å². The maximum atomic E-state index is 13.2. The Kier molecular flexibility index (Phi) is 4.67. The van der Waals surface area contributed by atoms with Crippen molar-refractivity contribution in [1.82, 2.24) is 9.97 Å². The van der Waals surface area contributed by atoms with E-state index < -0.39 is 6.10 Å². The molecule has 31 heavy (non-hydrogen) atoms. The van der Waals surface area contributed by atoms with Gasteiger partial charge in [-0.15, -0.1) is 11.3 Å². The predicted octanol–water partition coefficient (Wildman–Crippen LogP) is 4.12. The molecule has 3 N–H and O–H groups in total. The maximum Gasteiger partial charge on any atom is 0.265 e. The first kappa shape index (κ1) is 19.3. The Labute approximate surface area is 179 Å². The lowest BCUT2D eigenvalue weighted by molar-refractivity contribution is -0.122. The molecule has 1 atom stereocenters. The first-order valence-electron chi connectivity index (χ1n) is 9.60. The van der Waals surface area contributed by atoms with Crippen molar-refractivity contribution in [3.63, 3.8) is 0 Å². The fourth-order valence-electron chi connectivity index (χ4n) is 3.42. The third kappa shape index (κ3) is 3.64. The number of hydrogen-bond donors (Lipinski definition) is 3. The lowest BCUT2D eigenvalue weighted by Gasteiger charge is -2.23. The monoisotopic (exact) mass is 436 g/mol. The third-order valence-corrected chi connectivity index (χ3v) is 5.89. The van der Waals surface area contributed by atoms with Gasteiger partial charge in [0.25, 0.3) is 11.5 Å². The van der Waals surface area contributed by atoms with E-state index in [1.807, 2.05) is 11.4 Å². The summed E-state index contributed by atoms with van der Waals surface area (Å²) < 4.78 is 18.8. The molecule has 2 aromatic heterocycles. The predicted molar refractivity (Wildman–Crippen MR) is 118 cm³/mol. The minimum Gasteiger partial charge on any atom is -0.479 e. The van der Waals surface area contributed by atoms with Crippen molar-refractivity contribution < 1.29 is 13.9 Å². The number of benzene rings is 2. The highest BCUT2D eigenvalue weighted by atomic mass is 32.1. The zero-order valence-corrected chi connectivity index (χ0v) is 17.2. The zero-order chi connectivity index (χ0) is 21.5. The number of amides is 1. The van der Waals surface area contributed by atoms with Gasteiger partial charge in [-0.25, -0.2) is 9.37 Å². The van der Waals surface area contributed by atoms with Crippen molar-refractivity contribution >= 4 is 38.8 Å². The molecule has 0 bridgehead atoms. The van der Waals surface area contributed by atoms with E-state index in [-0.39, 0.29) is 17.3 Å². The Morgan fingerprint density at radius 3 is 2.81 bits per heavy atom. The van der Waals surface area contributed by atoms with Gasteiger partial charge < -0.3 is 20.4 Å². The van der Waals surface area contributed by atoms with E-state index in [2.05, 4.69) is 20.6 Å². The molecule has 156 valence electrons. The lowest BCUT2D eigenvalue weighted by Crippen LogP contribution is -2.34. The standard InChI is InChI=1S/C22H17FN4O3S/c1-11-20(28)25-16-8-14(6-7-17(16)30-11)24-9-18-26-21(29)19-15(10-31-22(19)27-18)12-2-4-13(23)5-3-12/h2-8,10-11,24H,9H2,1H3,(H,25,28)(H,26,27,29). The van der Waals surface area contributed by atoms with Crippen molar-refractivity contribution in [1.29, 1.82) is 0 Å². The largest absolute Gasteiger partial charge is 0.479 e. The van der Waals surface area contributed by atoms with E-state index in [1.54, 1.807) is 31.2 Å². The van der Waals surface area contributed by atoms with E-state index in [1.165, 1.54) is 23.5 Å². The fourth-order valence-corrected chi connectivity index (χ4v) is 4.39. The van der Waals surface area contributed by atoms with E-state index in [4.69, 9.17) is 4.74 Å². The number of thiophene rings is 1. The summed E-state index contributed by atoms with van der Waals surface area (Å²) in [5.41, 5.74) is 2.58. The van der Waals surface area contributed by atoms with Crippen LogP contribution < -0.4 is 20.9 Å². The van der Waals surface area contributed by atoms with Crippen molar-refractivity contribution in [2.24, 2.45) is 0 Å². The van der Waals surface area contributed by atoms with Crippen molar-refractivity contribution in [3.05, 3.63) is 69.8 Å². The number of aromatic nitrogens is 2. The Bertz CT molecular complexity index is 1360. The van der Waals surface area contributed by atoms with Gasteiger partial charge in [0.1, 0.15) is 22.2 Å². The highest BCUT2D eigenvalue weighted by molar-refractivity contribution is 7.17. The van der Waals surface area contributed by atoms with E-state index in [0.717, 1.165) is 16.8 Å². The Morgan fingerprint density at radius 1 is 1.19 bits per heavy atom. The number of rotatable bonds is 4. The van der Waals surface area contributed by atoms with Crippen LogP contribution in [0.25, 0.3) is 21.3 Å². The Morgan fingerprint density at radius 2 is 2.00 bits per heavy atom. The SMILES string of the molecule is CC1Oc2ccc(NCc3nc4scc(-c5ccc(F)cc5)c4c(=O)[nH]3)cc2NC1=O. The number of anilines is 2. The molecule has 0 radical (unpaired) electrons. The molecular formula is C22H17FN4O3S. The molecule has 1 aliphatic rings. The number of ether oxygens (including phenoxy) is 1. The molecule has 9 heteroatoms. The van der Waals surface area contributed by atoms with Gasteiger partial charge >= 0.3 is 0 Å². The Hall–Kier alpha value is -3.72. The number of hydrogen-bond acceptors (Lipinski definition) is 6. The first-order valence-corrected chi connectivity index (χ1v) is 10.5. The molecule has 4 aromatic rings. The number of carbonyl (C=O) groups excluding carboxylic acids is 1. The molecule has 0 saturated heterocycles. The van der Waals surface area contributed by atoms with Crippen LogP contribution in [-0.4, -0.2) is 22.0 Å². The molecule has 0 spiro atoms. The summed E-state index contributed by atoms with van der Waals surface area (Å²) in [4.78, 5) is 32.5. The minimum atomic E-state index is -0.530. The molecule has 5 rings (SSSR count). The van der Waals surface area contributed by atoms with Crippen LogP contribution >= 0.6 is 11.3 Å². The minimum absolute atomic E-state index is 0.198. The molecule has 0 aliphatic carbocycles. The topological polar surface area (TPSA) is 96.1 Å². The van der Waals surface area contributed by atoms with Crippen LogP contribution in [-0.2, 0) is 11.3 Å². The average molecular weight is 436 g/mol. The van der Waals surface area contributed by atoms with Gasteiger partial charge in [0.2, 0.25) is 0 Å². The number of nitrogens with zero attached hydrogens (tertiary/aromatic N) is 1. The molecular weight excluding hydrogens is 419 g/mol. The molecule has 1 aliphatic heterocycles. The quantitative estimate of drug-likeness (QED) is 0.447. The summed E-state index contributed by atoms with van der Waals surface area (Å²) in [5.74, 6) is 0.566. The van der Waals surface area contributed by atoms with Gasteiger partial charge in [-0.05, 0) is 42.8 Å². The van der Waals surface area contributed by atoms with Crippen molar-refractivity contribution in [2.75, 3.05) is 10.6 Å². The van der Waals surface area contributed by atoms with Crippen LogP contribution in [0.2, 0.25) is 0 Å². The summed E-state index contributed by atoms with van der Waals surface area (Å²) in [5, 5.41) is 8.34. The molecule has 1 unspecified atom stereocenters. The molecule has 7 nitrogen and oxygen atoms in total. The second kappa shape index (κ2) is 7.51. The van der Waals surface area contributed by atoms with Crippen LogP contribution in [0.5, 0.6) is 5.75 Å². The second-order valence-corrected chi connectivity index (χ2v) is 8.02. The summed E-state index contributed by atoms with van der Waals surface area (Å²) in [6.07, 6.45) is -0.530. The number of nitrogens with one attached hydrogen (secondary N) is 3. The van der Waals surface area contributed by atoms with Crippen LogP contribution in [0.4, 0.5) is 15.8 Å². The molecule has 0 fully saturated rings. The van der Waals surface area contributed by atoms with Crippen LogP contribution in [0.3, 0.4) is 0 Å². The van der Waals surface area contributed by atoms with Gasteiger partial charge in [0, 0.05) is 16.6 Å². The van der Waals surface area contributed by atoms with Gasteiger partial charge in [-0.3, -0.25) is 9.59 Å². The Balaban J connectivity index is 1.38. The number of halogens is 1. The molecule has 0 saturated carbocycles. The molecule has 3 heterocycles. The summed E-state index contributed by atoms with van der Waals surface area (Å²) in [6, 6.07) is 11.4. The highest BCUT2D eigenvalue weighted by Crippen LogP contribution is 2.33. The van der Waals surface area contributed by atoms with Gasteiger partial charge in [-0.2, -0.15) is 0 Å². The van der Waals surface area contributed by atoms with Gasteiger partial charge in [0.15, 0.2) is 6.10 Å². The maximum absolute atomic E-state index is 13.2. The zero-order valence-electron chi connectivity index (χ0n) is 16.4. The fraction of sp³-hybridized carbons (Fsp3) is 0.136. The third-order valence-electron chi connectivity index (χ3n) is 5.02. The summed E-state index contributed by atoms with van der Waals surface area (Å²) in [6.45, 7) is 1.98. The smallest absolute Gasteiger partial charge is 0.265 e. The number of H-pyrrole nitrogens is 1. The van der Waals surface area contributed by atoms with Gasteiger partial charge in [0.05, 0.1) is 17.6 Å². The highest BCUT2D eigenvalue weighted by Gasteiger charge is 2.23. The van der Waals surface area contributed by atoms with E-state index in [0.29, 0.717) is 34.0 Å².